The number of likely N-dealkylation sites (tertiary alicyclic amines) is 1. The van der Waals surface area contributed by atoms with E-state index in [1.54, 1.807) is 0 Å². The zero-order chi connectivity index (χ0) is 11.7. The molecule has 0 amide bonds. The van der Waals surface area contributed by atoms with E-state index in [1.807, 2.05) is 0 Å². The van der Waals surface area contributed by atoms with Crippen LogP contribution in [0.15, 0.2) is 4.99 Å². The van der Waals surface area contributed by atoms with Gasteiger partial charge in [0, 0.05) is 30.6 Å². The quantitative estimate of drug-likeness (QED) is 0.476. The van der Waals surface area contributed by atoms with Gasteiger partial charge >= 0.3 is 0 Å². The fraction of sp³-hybridized carbons (Fsp3) is 0.917. The highest BCUT2D eigenvalue weighted by Gasteiger charge is 2.53. The molecule has 0 aliphatic carbocycles. The summed E-state index contributed by atoms with van der Waals surface area (Å²) in [5.74, 6) is 1.06. The first-order valence-electron chi connectivity index (χ1n) is 5.92. The van der Waals surface area contributed by atoms with Gasteiger partial charge in [-0.2, -0.15) is 0 Å². The molecule has 1 fully saturated rings. The molecule has 4 heteroatoms. The molecule has 3 nitrogen and oxygen atoms in total. The highest BCUT2D eigenvalue weighted by Crippen LogP contribution is 2.46. The second-order valence-corrected chi connectivity index (χ2v) is 5.36. The third-order valence-corrected chi connectivity index (χ3v) is 3.78. The van der Waals surface area contributed by atoms with Crippen molar-refractivity contribution in [2.24, 2.45) is 10.4 Å². The molecule has 96 valence electrons. The van der Waals surface area contributed by atoms with Crippen LogP contribution in [-0.2, 0) is 0 Å². The topological polar surface area (TPSA) is 27.6 Å². The summed E-state index contributed by atoms with van der Waals surface area (Å²) in [6.07, 6.45) is 0. The molecular formula is C12H26IN3. The molecule has 1 rings (SSSR count). The van der Waals surface area contributed by atoms with Crippen LogP contribution in [0.1, 0.15) is 41.5 Å². The van der Waals surface area contributed by atoms with Crippen molar-refractivity contribution in [3.05, 3.63) is 0 Å². The SMILES string of the molecule is CCN=C(NCC)N1CC(C)(C)C1(C)C.I. The van der Waals surface area contributed by atoms with Crippen molar-refractivity contribution in [1.82, 2.24) is 10.2 Å². The average molecular weight is 339 g/mol. The van der Waals surface area contributed by atoms with Gasteiger partial charge in [-0.15, -0.1) is 24.0 Å². The van der Waals surface area contributed by atoms with Gasteiger partial charge in [-0.25, -0.2) is 0 Å². The van der Waals surface area contributed by atoms with Crippen molar-refractivity contribution in [3.63, 3.8) is 0 Å². The van der Waals surface area contributed by atoms with Crippen LogP contribution >= 0.6 is 24.0 Å². The number of hydrogen-bond donors (Lipinski definition) is 1. The van der Waals surface area contributed by atoms with Crippen LogP contribution in [0, 0.1) is 5.41 Å². The normalized spacial score (nSPS) is 22.1. The predicted octanol–water partition coefficient (Wildman–Crippen LogP) is 2.71. The largest absolute Gasteiger partial charge is 0.357 e. The molecule has 1 heterocycles. The van der Waals surface area contributed by atoms with Crippen LogP contribution < -0.4 is 5.32 Å². The molecule has 0 saturated carbocycles. The third kappa shape index (κ3) is 2.63. The second-order valence-electron chi connectivity index (χ2n) is 5.36. The van der Waals surface area contributed by atoms with Crippen LogP contribution in [0.25, 0.3) is 0 Å². The Bertz CT molecular complexity index is 259. The van der Waals surface area contributed by atoms with Gasteiger partial charge < -0.3 is 10.2 Å². The van der Waals surface area contributed by atoms with Crippen molar-refractivity contribution < 1.29 is 0 Å². The molecule has 1 aliphatic rings. The summed E-state index contributed by atoms with van der Waals surface area (Å²) in [7, 11) is 0. The monoisotopic (exact) mass is 339 g/mol. The molecule has 0 unspecified atom stereocenters. The molecule has 0 aromatic carbocycles. The minimum atomic E-state index is 0. The van der Waals surface area contributed by atoms with Crippen molar-refractivity contribution in [2.75, 3.05) is 19.6 Å². The van der Waals surface area contributed by atoms with Gasteiger partial charge in [0.25, 0.3) is 0 Å². The third-order valence-electron chi connectivity index (χ3n) is 3.78. The molecule has 0 aromatic heterocycles. The fourth-order valence-corrected chi connectivity index (χ4v) is 1.94. The van der Waals surface area contributed by atoms with Crippen molar-refractivity contribution in [3.8, 4) is 0 Å². The number of nitrogens with zero attached hydrogens (tertiary/aromatic N) is 2. The molecule has 0 atom stereocenters. The average Bonchev–Trinajstić information content (AvgIpc) is 2.14. The van der Waals surface area contributed by atoms with Crippen LogP contribution in [0.3, 0.4) is 0 Å². The maximum absolute atomic E-state index is 4.53. The van der Waals surface area contributed by atoms with Crippen molar-refractivity contribution in [2.45, 2.75) is 47.1 Å². The Labute approximate surface area is 117 Å². The van der Waals surface area contributed by atoms with Gasteiger partial charge in [-0.1, -0.05) is 13.8 Å². The summed E-state index contributed by atoms with van der Waals surface area (Å²) < 4.78 is 0. The first-order chi connectivity index (χ1) is 6.86. The Morgan fingerprint density at radius 2 is 1.81 bits per heavy atom. The molecular weight excluding hydrogens is 313 g/mol. The van der Waals surface area contributed by atoms with Gasteiger partial charge in [-0.3, -0.25) is 4.99 Å². The van der Waals surface area contributed by atoms with Gasteiger partial charge in [0.05, 0.1) is 0 Å². The highest BCUT2D eigenvalue weighted by atomic mass is 127. The van der Waals surface area contributed by atoms with Crippen LogP contribution in [0.4, 0.5) is 0 Å². The smallest absolute Gasteiger partial charge is 0.194 e. The zero-order valence-corrected chi connectivity index (χ0v) is 13.8. The van der Waals surface area contributed by atoms with E-state index >= 15 is 0 Å². The molecule has 0 radical (unpaired) electrons. The number of nitrogens with one attached hydrogen (secondary N) is 1. The summed E-state index contributed by atoms with van der Waals surface area (Å²) in [5.41, 5.74) is 0.570. The van der Waals surface area contributed by atoms with Crippen LogP contribution in [0.5, 0.6) is 0 Å². The molecule has 1 saturated heterocycles. The highest BCUT2D eigenvalue weighted by molar-refractivity contribution is 14.0. The second kappa shape index (κ2) is 5.56. The lowest BCUT2D eigenvalue weighted by molar-refractivity contribution is -0.0667. The maximum Gasteiger partial charge on any atom is 0.194 e. The Morgan fingerprint density at radius 1 is 1.25 bits per heavy atom. The van der Waals surface area contributed by atoms with E-state index in [4.69, 9.17) is 0 Å². The summed E-state index contributed by atoms with van der Waals surface area (Å²) in [6.45, 7) is 16.3. The van der Waals surface area contributed by atoms with E-state index in [-0.39, 0.29) is 29.5 Å². The fourth-order valence-electron chi connectivity index (χ4n) is 1.94. The van der Waals surface area contributed by atoms with E-state index in [0.717, 1.165) is 25.6 Å². The predicted molar refractivity (Wildman–Crippen MR) is 81.6 cm³/mol. The summed E-state index contributed by atoms with van der Waals surface area (Å²) in [5, 5.41) is 3.35. The van der Waals surface area contributed by atoms with E-state index in [1.165, 1.54) is 0 Å². The van der Waals surface area contributed by atoms with Crippen LogP contribution in [0.2, 0.25) is 0 Å². The standard InChI is InChI=1S/C12H25N3.HI/c1-7-13-10(14-8-2)15-9-11(3,4)12(15,5)6;/h7-9H2,1-6H3,(H,13,14);1H. The first kappa shape index (κ1) is 16.0. The van der Waals surface area contributed by atoms with Crippen LogP contribution in [-0.4, -0.2) is 36.0 Å². The Morgan fingerprint density at radius 3 is 2.12 bits per heavy atom. The van der Waals surface area contributed by atoms with E-state index in [2.05, 4.69) is 56.8 Å². The Kier molecular flexibility index (Phi) is 5.56. The summed E-state index contributed by atoms with van der Waals surface area (Å²) >= 11 is 0. The molecule has 0 aromatic rings. The van der Waals surface area contributed by atoms with Gasteiger partial charge in [-0.05, 0) is 27.7 Å². The zero-order valence-electron chi connectivity index (χ0n) is 11.4. The van der Waals surface area contributed by atoms with E-state index in [0.29, 0.717) is 5.41 Å². The molecule has 0 spiro atoms. The summed E-state index contributed by atoms with van der Waals surface area (Å²) in [4.78, 5) is 6.90. The number of aliphatic imine (C=N–C) groups is 1. The van der Waals surface area contributed by atoms with Gasteiger partial charge in [0.2, 0.25) is 0 Å². The molecule has 1 aliphatic heterocycles. The lowest BCUT2D eigenvalue weighted by atomic mass is 9.65. The van der Waals surface area contributed by atoms with E-state index < -0.39 is 0 Å². The first-order valence-corrected chi connectivity index (χ1v) is 5.92. The van der Waals surface area contributed by atoms with Crippen molar-refractivity contribution >= 4 is 29.9 Å². The number of guanidine groups is 1. The molecule has 1 N–H and O–H groups in total. The minimum Gasteiger partial charge on any atom is -0.357 e. The summed E-state index contributed by atoms with van der Waals surface area (Å²) in [6, 6.07) is 0. The van der Waals surface area contributed by atoms with Crippen molar-refractivity contribution in [1.29, 1.82) is 0 Å². The minimum absolute atomic E-state index is 0. The number of hydrogen-bond acceptors (Lipinski definition) is 1. The lowest BCUT2D eigenvalue weighted by Gasteiger charge is -2.62. The Hall–Kier alpha value is 0. The van der Waals surface area contributed by atoms with Gasteiger partial charge in [0.1, 0.15) is 0 Å². The number of halogens is 1. The number of rotatable bonds is 2. The molecule has 0 bridgehead atoms. The Balaban J connectivity index is 0.00000225. The van der Waals surface area contributed by atoms with Gasteiger partial charge in [0.15, 0.2) is 5.96 Å². The maximum atomic E-state index is 4.53. The molecule has 16 heavy (non-hydrogen) atoms. The lowest BCUT2D eigenvalue weighted by Crippen LogP contribution is -2.72. The van der Waals surface area contributed by atoms with E-state index in [9.17, 15) is 0 Å².